The third kappa shape index (κ3) is 4.11. The van der Waals surface area contributed by atoms with Gasteiger partial charge in [-0.3, -0.25) is 9.88 Å². The van der Waals surface area contributed by atoms with Gasteiger partial charge in [-0.05, 0) is 105 Å². The van der Waals surface area contributed by atoms with Crippen molar-refractivity contribution in [3.05, 3.63) is 47.4 Å². The summed E-state index contributed by atoms with van der Waals surface area (Å²) >= 11 is 0. The SMILES string of the molecule is Oc1cc(-c2ncc3c(N4CC5CCC(C4)N5)nc(OCC45CCCN4CCC5)nc3c2F)c2c3c(ccc2c1)CCC3. The molecule has 2 aromatic heterocycles. The zero-order chi connectivity index (χ0) is 28.7. The summed E-state index contributed by atoms with van der Waals surface area (Å²) in [5.41, 5.74) is 3.61. The molecule has 4 fully saturated rings. The molecule has 2 aromatic carbocycles. The highest BCUT2D eigenvalue weighted by molar-refractivity contribution is 6.02. The fourth-order valence-corrected chi connectivity index (χ4v) is 8.88. The van der Waals surface area contributed by atoms with Crippen molar-refractivity contribution in [1.82, 2.24) is 25.2 Å². The first-order valence-corrected chi connectivity index (χ1v) is 16.1. The van der Waals surface area contributed by atoms with Crippen LogP contribution in [0.3, 0.4) is 0 Å². The van der Waals surface area contributed by atoms with E-state index in [0.717, 1.165) is 81.9 Å². The number of hydrogen-bond acceptors (Lipinski definition) is 8. The second kappa shape index (κ2) is 9.72. The van der Waals surface area contributed by atoms with Gasteiger partial charge in [0.1, 0.15) is 29.4 Å². The van der Waals surface area contributed by atoms with Gasteiger partial charge in [-0.2, -0.15) is 9.97 Å². The van der Waals surface area contributed by atoms with Crippen LogP contribution in [-0.2, 0) is 12.8 Å². The summed E-state index contributed by atoms with van der Waals surface area (Å²) in [4.78, 5) is 19.2. The molecule has 1 aliphatic carbocycles. The number of hydrogen-bond donors (Lipinski definition) is 2. The number of pyridine rings is 1. The van der Waals surface area contributed by atoms with Crippen LogP contribution in [0.2, 0.25) is 0 Å². The maximum Gasteiger partial charge on any atom is 0.319 e. The van der Waals surface area contributed by atoms with Crippen molar-refractivity contribution in [2.75, 3.05) is 37.7 Å². The quantitative estimate of drug-likeness (QED) is 0.336. The van der Waals surface area contributed by atoms with Crippen LogP contribution in [0.1, 0.15) is 56.1 Å². The Bertz CT molecular complexity index is 1760. The van der Waals surface area contributed by atoms with Crippen molar-refractivity contribution in [2.45, 2.75) is 75.4 Å². The number of aromatic hydroxyl groups is 1. The summed E-state index contributed by atoms with van der Waals surface area (Å²) in [5.74, 6) is 0.306. The summed E-state index contributed by atoms with van der Waals surface area (Å²) in [6, 6.07) is 8.61. The van der Waals surface area contributed by atoms with E-state index in [2.05, 4.69) is 21.2 Å². The number of phenolic OH excluding ortho intramolecular Hbond substituents is 1. The van der Waals surface area contributed by atoms with Crippen LogP contribution >= 0.6 is 0 Å². The number of phenols is 1. The Morgan fingerprint density at radius 1 is 1.02 bits per heavy atom. The second-order valence-corrected chi connectivity index (χ2v) is 13.4. The fourth-order valence-electron chi connectivity index (χ4n) is 8.88. The van der Waals surface area contributed by atoms with E-state index in [-0.39, 0.29) is 28.5 Å². The molecule has 2 atom stereocenters. The number of fused-ring (bicyclic) bond motifs is 7. The molecule has 0 saturated carbocycles. The molecule has 43 heavy (non-hydrogen) atoms. The Morgan fingerprint density at radius 3 is 2.65 bits per heavy atom. The van der Waals surface area contributed by atoms with Crippen LogP contribution in [0.15, 0.2) is 30.5 Å². The average molecular weight is 581 g/mol. The summed E-state index contributed by atoms with van der Waals surface area (Å²) < 4.78 is 23.3. The van der Waals surface area contributed by atoms with Gasteiger partial charge in [0.05, 0.1) is 10.9 Å². The van der Waals surface area contributed by atoms with Crippen molar-refractivity contribution >= 4 is 27.5 Å². The van der Waals surface area contributed by atoms with E-state index in [1.54, 1.807) is 18.3 Å². The number of nitrogens with one attached hydrogen (secondary N) is 1. The summed E-state index contributed by atoms with van der Waals surface area (Å²) in [7, 11) is 0. The first kappa shape index (κ1) is 25.9. The lowest BCUT2D eigenvalue weighted by molar-refractivity contribution is 0.108. The van der Waals surface area contributed by atoms with Gasteiger partial charge in [-0.25, -0.2) is 4.39 Å². The third-order valence-electron chi connectivity index (χ3n) is 10.9. The molecule has 0 radical (unpaired) electrons. The third-order valence-corrected chi connectivity index (χ3v) is 10.9. The number of piperazine rings is 1. The highest BCUT2D eigenvalue weighted by Crippen LogP contribution is 2.42. The maximum atomic E-state index is 16.9. The van der Waals surface area contributed by atoms with E-state index in [4.69, 9.17) is 19.7 Å². The molecule has 4 aromatic rings. The molecule has 2 bridgehead atoms. The lowest BCUT2D eigenvalue weighted by atomic mass is 9.94. The van der Waals surface area contributed by atoms with Gasteiger partial charge >= 0.3 is 6.01 Å². The van der Waals surface area contributed by atoms with Crippen LogP contribution in [0.4, 0.5) is 10.2 Å². The zero-order valence-electron chi connectivity index (χ0n) is 24.4. The number of rotatable bonds is 5. The molecule has 9 rings (SSSR count). The minimum atomic E-state index is -0.492. The molecular weight excluding hydrogens is 543 g/mol. The smallest absolute Gasteiger partial charge is 0.319 e. The Kier molecular flexibility index (Phi) is 5.86. The van der Waals surface area contributed by atoms with Gasteiger partial charge in [-0.1, -0.05) is 12.1 Å². The molecule has 2 N–H and O–H groups in total. The van der Waals surface area contributed by atoms with Crippen LogP contribution in [0.25, 0.3) is 32.9 Å². The predicted molar refractivity (Wildman–Crippen MR) is 164 cm³/mol. The van der Waals surface area contributed by atoms with Crippen LogP contribution in [0, 0.1) is 5.82 Å². The topological polar surface area (TPSA) is 86.6 Å². The van der Waals surface area contributed by atoms with Crippen LogP contribution in [-0.4, -0.2) is 75.4 Å². The minimum Gasteiger partial charge on any atom is -0.508 e. The van der Waals surface area contributed by atoms with Crippen molar-refractivity contribution < 1.29 is 14.2 Å². The largest absolute Gasteiger partial charge is 0.508 e. The monoisotopic (exact) mass is 580 g/mol. The van der Waals surface area contributed by atoms with Gasteiger partial charge in [0, 0.05) is 36.9 Å². The van der Waals surface area contributed by atoms with E-state index >= 15 is 4.39 Å². The molecule has 6 heterocycles. The summed E-state index contributed by atoms with van der Waals surface area (Å²) in [5, 5.41) is 16.8. The second-order valence-electron chi connectivity index (χ2n) is 13.4. The molecule has 0 amide bonds. The summed E-state index contributed by atoms with van der Waals surface area (Å²) in [6.07, 6.45) is 11.6. The lowest BCUT2D eigenvalue weighted by Crippen LogP contribution is -2.51. The Labute approximate surface area is 250 Å². The van der Waals surface area contributed by atoms with E-state index in [9.17, 15) is 5.11 Å². The van der Waals surface area contributed by atoms with Crippen molar-refractivity contribution in [2.24, 2.45) is 0 Å². The first-order valence-electron chi connectivity index (χ1n) is 16.1. The normalized spacial score (nSPS) is 24.3. The number of halogens is 1. The molecular formula is C34H37FN6O2. The zero-order valence-corrected chi connectivity index (χ0v) is 24.4. The molecule has 222 valence electrons. The number of nitrogens with zero attached hydrogens (tertiary/aromatic N) is 5. The van der Waals surface area contributed by atoms with Gasteiger partial charge in [-0.15, -0.1) is 0 Å². The molecule has 0 spiro atoms. The van der Waals surface area contributed by atoms with E-state index in [1.165, 1.54) is 24.0 Å². The fraction of sp³-hybridized carbons (Fsp3) is 0.500. The standard InChI is InChI=1S/C34H37FN6O2/c35-29-30(26-15-24(42)14-21-7-6-20-4-1-5-25(20)28(21)26)36-16-27-31(29)38-33(43-19-34-10-2-12-41(34)13-3-11-34)39-32(27)40-17-22-8-9-23(18-40)37-22/h6-7,14-16,22-23,37,42H,1-5,8-13,17-19H2. The number of benzene rings is 2. The molecule has 9 heteroatoms. The molecule has 5 aliphatic rings. The number of aromatic nitrogens is 3. The number of aryl methyl sites for hydroxylation is 2. The van der Waals surface area contributed by atoms with E-state index in [0.29, 0.717) is 35.5 Å². The van der Waals surface area contributed by atoms with Gasteiger partial charge in [0.2, 0.25) is 0 Å². The molecule has 4 aliphatic heterocycles. The number of ether oxygens (including phenoxy) is 1. The van der Waals surface area contributed by atoms with Crippen molar-refractivity contribution in [3.8, 4) is 23.0 Å². The Morgan fingerprint density at radius 2 is 1.84 bits per heavy atom. The highest BCUT2D eigenvalue weighted by atomic mass is 19.1. The molecule has 2 unspecified atom stereocenters. The predicted octanol–water partition coefficient (Wildman–Crippen LogP) is 5.13. The van der Waals surface area contributed by atoms with E-state index in [1.807, 2.05) is 6.07 Å². The van der Waals surface area contributed by atoms with E-state index < -0.39 is 5.82 Å². The van der Waals surface area contributed by atoms with Crippen LogP contribution in [0.5, 0.6) is 11.8 Å². The Hall–Kier alpha value is -3.56. The van der Waals surface area contributed by atoms with Gasteiger partial charge in [0.25, 0.3) is 0 Å². The highest BCUT2D eigenvalue weighted by Gasteiger charge is 2.45. The summed E-state index contributed by atoms with van der Waals surface area (Å²) in [6.45, 7) is 4.37. The lowest BCUT2D eigenvalue weighted by Gasteiger charge is -2.34. The molecule has 4 saturated heterocycles. The first-order chi connectivity index (χ1) is 21.0. The Balaban J connectivity index is 1.19. The van der Waals surface area contributed by atoms with Crippen molar-refractivity contribution in [1.29, 1.82) is 0 Å². The van der Waals surface area contributed by atoms with Gasteiger partial charge < -0.3 is 20.1 Å². The van der Waals surface area contributed by atoms with Crippen LogP contribution < -0.4 is 15.0 Å². The van der Waals surface area contributed by atoms with Crippen molar-refractivity contribution in [3.63, 3.8) is 0 Å². The maximum absolute atomic E-state index is 16.9. The average Bonchev–Trinajstić information content (AvgIpc) is 3.80. The molecule has 8 nitrogen and oxygen atoms in total. The van der Waals surface area contributed by atoms with Gasteiger partial charge in [0.15, 0.2) is 5.82 Å². The minimum absolute atomic E-state index is 0.0371. The number of anilines is 1.